The highest BCUT2D eigenvalue weighted by molar-refractivity contribution is 9.10. The molecule has 0 fully saturated rings. The van der Waals surface area contributed by atoms with Crippen LogP contribution in [0.25, 0.3) is 0 Å². The molecule has 2 rings (SSSR count). The first-order chi connectivity index (χ1) is 9.25. The van der Waals surface area contributed by atoms with Gasteiger partial charge < -0.3 is 10.6 Å². The molecule has 98 valence electrons. The van der Waals surface area contributed by atoms with Crippen LogP contribution in [0.5, 0.6) is 0 Å². The molecule has 0 aliphatic heterocycles. The number of hydrogen-bond acceptors (Lipinski definition) is 4. The summed E-state index contributed by atoms with van der Waals surface area (Å²) in [4.78, 5) is 19.5. The zero-order valence-corrected chi connectivity index (χ0v) is 11.7. The molecule has 0 unspecified atom stereocenters. The average molecular weight is 321 g/mol. The molecule has 1 heterocycles. The van der Waals surface area contributed by atoms with Crippen LogP contribution in [0.15, 0.2) is 47.3 Å². The predicted octanol–water partition coefficient (Wildman–Crippen LogP) is 1.97. The Morgan fingerprint density at radius 2 is 2.05 bits per heavy atom. The van der Waals surface area contributed by atoms with Gasteiger partial charge in [0.15, 0.2) is 0 Å². The fourth-order valence-electron chi connectivity index (χ4n) is 1.47. The molecule has 1 aromatic carbocycles. The van der Waals surface area contributed by atoms with Crippen molar-refractivity contribution < 1.29 is 4.79 Å². The molecule has 0 atom stereocenters. The highest BCUT2D eigenvalue weighted by Crippen LogP contribution is 2.16. The third-order valence-electron chi connectivity index (χ3n) is 2.42. The minimum atomic E-state index is -0.0886. The van der Waals surface area contributed by atoms with E-state index in [1.54, 1.807) is 6.20 Å². The minimum absolute atomic E-state index is 0.0886. The topological polar surface area (TPSA) is 66.9 Å². The average Bonchev–Trinajstić information content (AvgIpc) is 2.45. The summed E-state index contributed by atoms with van der Waals surface area (Å²) in [5.74, 6) is 0.513. The summed E-state index contributed by atoms with van der Waals surface area (Å²) in [5, 5.41) is 5.77. The van der Waals surface area contributed by atoms with E-state index < -0.39 is 0 Å². The van der Waals surface area contributed by atoms with Crippen molar-refractivity contribution in [2.75, 3.05) is 11.9 Å². The van der Waals surface area contributed by atoms with Crippen molar-refractivity contribution in [3.63, 3.8) is 0 Å². The molecular weight excluding hydrogens is 308 g/mol. The summed E-state index contributed by atoms with van der Waals surface area (Å²) >= 11 is 3.30. The summed E-state index contributed by atoms with van der Waals surface area (Å²) in [6.07, 6.45) is 3.05. The smallest absolute Gasteiger partial charge is 0.239 e. The Morgan fingerprint density at radius 3 is 2.79 bits per heavy atom. The van der Waals surface area contributed by atoms with E-state index in [1.807, 2.05) is 30.3 Å². The number of aromatic nitrogens is 2. The van der Waals surface area contributed by atoms with E-state index in [0.717, 1.165) is 10.0 Å². The predicted molar refractivity (Wildman–Crippen MR) is 76.5 cm³/mol. The number of anilines is 1. The van der Waals surface area contributed by atoms with Gasteiger partial charge in [-0.1, -0.05) is 30.3 Å². The van der Waals surface area contributed by atoms with Gasteiger partial charge in [0.1, 0.15) is 12.1 Å². The standard InChI is InChI=1S/C13H13BrN4O/c14-11-7-15-9-18-13(11)17-8-12(19)16-6-10-4-2-1-3-5-10/h1-5,7,9H,6,8H2,(H,16,19)(H,15,17,18). The first kappa shape index (κ1) is 13.5. The maximum atomic E-state index is 11.7. The van der Waals surface area contributed by atoms with Crippen molar-refractivity contribution in [3.8, 4) is 0 Å². The van der Waals surface area contributed by atoms with Crippen LogP contribution in [0, 0.1) is 0 Å². The third-order valence-corrected chi connectivity index (χ3v) is 3.00. The van der Waals surface area contributed by atoms with Gasteiger partial charge in [0.25, 0.3) is 0 Å². The molecule has 0 spiro atoms. The highest BCUT2D eigenvalue weighted by Gasteiger charge is 2.04. The van der Waals surface area contributed by atoms with Gasteiger partial charge in [0.05, 0.1) is 11.0 Å². The lowest BCUT2D eigenvalue weighted by atomic mass is 10.2. The maximum Gasteiger partial charge on any atom is 0.239 e. The molecule has 0 saturated heterocycles. The lowest BCUT2D eigenvalue weighted by Gasteiger charge is -2.08. The van der Waals surface area contributed by atoms with Gasteiger partial charge in [-0.15, -0.1) is 0 Å². The molecule has 0 aliphatic carbocycles. The maximum absolute atomic E-state index is 11.7. The number of carbonyl (C=O) groups is 1. The number of nitrogens with one attached hydrogen (secondary N) is 2. The first-order valence-electron chi connectivity index (χ1n) is 5.75. The molecule has 0 bridgehead atoms. The van der Waals surface area contributed by atoms with E-state index >= 15 is 0 Å². The van der Waals surface area contributed by atoms with Crippen molar-refractivity contribution in [3.05, 3.63) is 52.9 Å². The summed E-state index contributed by atoms with van der Waals surface area (Å²) in [7, 11) is 0. The monoisotopic (exact) mass is 320 g/mol. The largest absolute Gasteiger partial charge is 0.360 e. The van der Waals surface area contributed by atoms with Crippen molar-refractivity contribution in [2.24, 2.45) is 0 Å². The van der Waals surface area contributed by atoms with Crippen LogP contribution in [-0.4, -0.2) is 22.4 Å². The first-order valence-corrected chi connectivity index (χ1v) is 6.55. The van der Waals surface area contributed by atoms with E-state index in [1.165, 1.54) is 6.33 Å². The van der Waals surface area contributed by atoms with Crippen molar-refractivity contribution in [1.29, 1.82) is 0 Å². The fourth-order valence-corrected chi connectivity index (χ4v) is 1.83. The van der Waals surface area contributed by atoms with Crippen LogP contribution >= 0.6 is 15.9 Å². The molecule has 5 nitrogen and oxygen atoms in total. The molecule has 1 aromatic heterocycles. The van der Waals surface area contributed by atoms with Crippen molar-refractivity contribution in [1.82, 2.24) is 15.3 Å². The zero-order valence-electron chi connectivity index (χ0n) is 10.1. The van der Waals surface area contributed by atoms with E-state index in [2.05, 4.69) is 36.5 Å². The number of benzene rings is 1. The lowest BCUT2D eigenvalue weighted by molar-refractivity contribution is -0.119. The van der Waals surface area contributed by atoms with Gasteiger partial charge in [-0.05, 0) is 21.5 Å². The Hall–Kier alpha value is -1.95. The molecular formula is C13H13BrN4O. The number of amides is 1. The molecule has 19 heavy (non-hydrogen) atoms. The van der Waals surface area contributed by atoms with Crippen molar-refractivity contribution in [2.45, 2.75) is 6.54 Å². The van der Waals surface area contributed by atoms with E-state index in [4.69, 9.17) is 0 Å². The normalized spacial score (nSPS) is 9.95. The molecule has 0 aliphatic rings. The Labute approximate surface area is 119 Å². The number of carbonyl (C=O) groups excluding carboxylic acids is 1. The highest BCUT2D eigenvalue weighted by atomic mass is 79.9. The fraction of sp³-hybridized carbons (Fsp3) is 0.154. The minimum Gasteiger partial charge on any atom is -0.360 e. The van der Waals surface area contributed by atoms with Crippen LogP contribution < -0.4 is 10.6 Å². The van der Waals surface area contributed by atoms with Crippen LogP contribution in [-0.2, 0) is 11.3 Å². The molecule has 6 heteroatoms. The summed E-state index contributed by atoms with van der Waals surface area (Å²) in [6, 6.07) is 9.76. The van der Waals surface area contributed by atoms with Crippen LogP contribution in [0.2, 0.25) is 0 Å². The second kappa shape index (κ2) is 6.84. The zero-order chi connectivity index (χ0) is 13.5. The number of rotatable bonds is 5. The van der Waals surface area contributed by atoms with Gasteiger partial charge >= 0.3 is 0 Å². The molecule has 1 amide bonds. The van der Waals surface area contributed by atoms with Crippen LogP contribution in [0.3, 0.4) is 0 Å². The SMILES string of the molecule is O=C(CNc1ncncc1Br)NCc1ccccc1. The summed E-state index contributed by atoms with van der Waals surface area (Å²) in [5.41, 5.74) is 1.07. The molecule has 2 aromatic rings. The molecule has 0 saturated carbocycles. The number of hydrogen-bond donors (Lipinski definition) is 2. The van der Waals surface area contributed by atoms with E-state index in [0.29, 0.717) is 12.4 Å². The summed E-state index contributed by atoms with van der Waals surface area (Å²) < 4.78 is 0.728. The number of nitrogens with zero attached hydrogens (tertiary/aromatic N) is 2. The van der Waals surface area contributed by atoms with E-state index in [-0.39, 0.29) is 12.5 Å². The Morgan fingerprint density at radius 1 is 1.26 bits per heavy atom. The third kappa shape index (κ3) is 4.33. The lowest BCUT2D eigenvalue weighted by Crippen LogP contribution is -2.29. The second-order valence-electron chi connectivity index (χ2n) is 3.84. The Balaban J connectivity index is 1.78. The van der Waals surface area contributed by atoms with Gasteiger partial charge in [-0.25, -0.2) is 9.97 Å². The molecule has 2 N–H and O–H groups in total. The second-order valence-corrected chi connectivity index (χ2v) is 4.69. The van der Waals surface area contributed by atoms with E-state index in [9.17, 15) is 4.79 Å². The van der Waals surface area contributed by atoms with Crippen LogP contribution in [0.1, 0.15) is 5.56 Å². The quantitative estimate of drug-likeness (QED) is 0.883. The van der Waals surface area contributed by atoms with Crippen molar-refractivity contribution >= 4 is 27.7 Å². The summed E-state index contributed by atoms with van der Waals surface area (Å²) in [6.45, 7) is 0.689. The van der Waals surface area contributed by atoms with Crippen LogP contribution in [0.4, 0.5) is 5.82 Å². The Bertz CT molecular complexity index is 547. The van der Waals surface area contributed by atoms with Gasteiger partial charge in [-0.3, -0.25) is 4.79 Å². The number of halogens is 1. The van der Waals surface area contributed by atoms with Gasteiger partial charge in [0.2, 0.25) is 5.91 Å². The van der Waals surface area contributed by atoms with Gasteiger partial charge in [-0.2, -0.15) is 0 Å². The Kier molecular flexibility index (Phi) is 4.85. The molecule has 0 radical (unpaired) electrons. The van der Waals surface area contributed by atoms with Gasteiger partial charge in [0, 0.05) is 12.7 Å².